The summed E-state index contributed by atoms with van der Waals surface area (Å²) >= 11 is 0. The quantitative estimate of drug-likeness (QED) is 0.914. The summed E-state index contributed by atoms with van der Waals surface area (Å²) in [5.41, 5.74) is 2.26. The molecule has 0 bridgehead atoms. The normalized spacial score (nSPS) is 27.6. The van der Waals surface area contributed by atoms with Crippen molar-refractivity contribution >= 4 is 5.91 Å². The summed E-state index contributed by atoms with van der Waals surface area (Å²) in [6.07, 6.45) is 2.38. The molecule has 1 aromatic carbocycles. The van der Waals surface area contributed by atoms with Gasteiger partial charge in [0.2, 0.25) is 0 Å². The van der Waals surface area contributed by atoms with E-state index in [2.05, 4.69) is 5.32 Å². The maximum atomic E-state index is 11.9. The van der Waals surface area contributed by atoms with Gasteiger partial charge in [-0.1, -0.05) is 12.1 Å². The number of hydrogen-bond donors (Lipinski definition) is 1. The standard InChI is InChI=1S/C16H21NO3/c1-10-4-3-5-14(11(10)2)20-9-16(18)17-13-8-15-12(13)6-7-19-15/h3-5,12-13,15H,6-9H2,1-2H3,(H,17,18)/t12-,13-,15+/m1/s1. The second-order valence-corrected chi connectivity index (χ2v) is 5.76. The maximum Gasteiger partial charge on any atom is 0.258 e. The zero-order valence-electron chi connectivity index (χ0n) is 12.0. The van der Waals surface area contributed by atoms with E-state index in [1.54, 1.807) is 0 Å². The Morgan fingerprint density at radius 2 is 2.30 bits per heavy atom. The molecule has 1 aromatic rings. The van der Waals surface area contributed by atoms with Gasteiger partial charge < -0.3 is 14.8 Å². The minimum Gasteiger partial charge on any atom is -0.483 e. The Balaban J connectivity index is 1.49. The van der Waals surface area contributed by atoms with Gasteiger partial charge in [0.25, 0.3) is 5.91 Å². The average molecular weight is 275 g/mol. The van der Waals surface area contributed by atoms with Crippen LogP contribution in [-0.4, -0.2) is 31.3 Å². The fourth-order valence-corrected chi connectivity index (χ4v) is 3.04. The van der Waals surface area contributed by atoms with E-state index < -0.39 is 0 Å². The third-order valence-electron chi connectivity index (χ3n) is 4.52. The van der Waals surface area contributed by atoms with E-state index in [-0.39, 0.29) is 18.6 Å². The van der Waals surface area contributed by atoms with Crippen molar-refractivity contribution in [1.29, 1.82) is 0 Å². The van der Waals surface area contributed by atoms with Gasteiger partial charge in [-0.2, -0.15) is 0 Å². The number of fused-ring (bicyclic) bond motifs is 1. The van der Waals surface area contributed by atoms with E-state index in [1.807, 2.05) is 32.0 Å². The van der Waals surface area contributed by atoms with Crippen LogP contribution >= 0.6 is 0 Å². The Bertz CT molecular complexity index is 514. The van der Waals surface area contributed by atoms with Crippen LogP contribution in [0.3, 0.4) is 0 Å². The van der Waals surface area contributed by atoms with Gasteiger partial charge in [0.15, 0.2) is 6.61 Å². The van der Waals surface area contributed by atoms with Gasteiger partial charge in [-0.3, -0.25) is 4.79 Å². The smallest absolute Gasteiger partial charge is 0.258 e. The summed E-state index contributed by atoms with van der Waals surface area (Å²) in [5.74, 6) is 1.26. The summed E-state index contributed by atoms with van der Waals surface area (Å²) in [4.78, 5) is 11.9. The Hall–Kier alpha value is -1.55. The zero-order valence-corrected chi connectivity index (χ0v) is 12.0. The lowest BCUT2D eigenvalue weighted by Crippen LogP contribution is -2.54. The zero-order chi connectivity index (χ0) is 14.1. The van der Waals surface area contributed by atoms with Crippen molar-refractivity contribution in [2.24, 2.45) is 5.92 Å². The van der Waals surface area contributed by atoms with E-state index in [1.165, 1.54) is 5.56 Å². The predicted molar refractivity (Wildman–Crippen MR) is 75.8 cm³/mol. The first-order chi connectivity index (χ1) is 9.65. The third kappa shape index (κ3) is 2.52. The Kier molecular flexibility index (Phi) is 3.66. The van der Waals surface area contributed by atoms with Crippen LogP contribution in [0.15, 0.2) is 18.2 Å². The van der Waals surface area contributed by atoms with Gasteiger partial charge in [-0.05, 0) is 43.9 Å². The molecule has 2 aliphatic rings. The molecule has 1 aliphatic heterocycles. The van der Waals surface area contributed by atoms with Crippen molar-refractivity contribution in [3.63, 3.8) is 0 Å². The lowest BCUT2D eigenvalue weighted by Gasteiger charge is -2.39. The van der Waals surface area contributed by atoms with Crippen LogP contribution in [0.25, 0.3) is 0 Å². The van der Waals surface area contributed by atoms with Crippen molar-refractivity contribution in [2.45, 2.75) is 38.8 Å². The monoisotopic (exact) mass is 275 g/mol. The lowest BCUT2D eigenvalue weighted by atomic mass is 9.76. The minimum absolute atomic E-state index is 0.0405. The number of rotatable bonds is 4. The molecule has 2 fully saturated rings. The predicted octanol–water partition coefficient (Wildman–Crippen LogP) is 1.98. The second kappa shape index (κ2) is 5.44. The first kappa shape index (κ1) is 13.4. The van der Waals surface area contributed by atoms with Gasteiger partial charge in [-0.25, -0.2) is 0 Å². The van der Waals surface area contributed by atoms with Crippen LogP contribution in [0.4, 0.5) is 0 Å². The van der Waals surface area contributed by atoms with Crippen LogP contribution in [0.1, 0.15) is 24.0 Å². The number of benzene rings is 1. The van der Waals surface area contributed by atoms with Crippen LogP contribution in [-0.2, 0) is 9.53 Å². The van der Waals surface area contributed by atoms with Crippen LogP contribution in [0.2, 0.25) is 0 Å². The fraction of sp³-hybridized carbons (Fsp3) is 0.562. The van der Waals surface area contributed by atoms with E-state index in [9.17, 15) is 4.79 Å². The van der Waals surface area contributed by atoms with Crippen molar-refractivity contribution in [1.82, 2.24) is 5.32 Å². The van der Waals surface area contributed by atoms with Crippen molar-refractivity contribution in [3.05, 3.63) is 29.3 Å². The molecule has 20 heavy (non-hydrogen) atoms. The number of aryl methyl sites for hydroxylation is 1. The first-order valence-electron chi connectivity index (χ1n) is 7.25. The average Bonchev–Trinajstić information content (AvgIpc) is 2.79. The molecule has 0 spiro atoms. The number of carbonyl (C=O) groups excluding carboxylic acids is 1. The molecule has 0 radical (unpaired) electrons. The highest BCUT2D eigenvalue weighted by atomic mass is 16.5. The molecule has 1 saturated heterocycles. The summed E-state index contributed by atoms with van der Waals surface area (Å²) in [6.45, 7) is 4.96. The number of ether oxygens (including phenoxy) is 2. The molecule has 3 rings (SSSR count). The van der Waals surface area contributed by atoms with E-state index in [0.717, 1.165) is 30.8 Å². The summed E-state index contributed by atoms with van der Waals surface area (Å²) in [7, 11) is 0. The number of carbonyl (C=O) groups is 1. The summed E-state index contributed by atoms with van der Waals surface area (Å²) < 4.78 is 11.2. The molecule has 4 heteroatoms. The molecule has 1 saturated carbocycles. The topological polar surface area (TPSA) is 47.6 Å². The molecule has 108 valence electrons. The molecular formula is C16H21NO3. The second-order valence-electron chi connectivity index (χ2n) is 5.76. The number of amides is 1. The molecule has 1 heterocycles. The first-order valence-corrected chi connectivity index (χ1v) is 7.25. The summed E-state index contributed by atoms with van der Waals surface area (Å²) in [6, 6.07) is 6.16. The minimum atomic E-state index is -0.0405. The lowest BCUT2D eigenvalue weighted by molar-refractivity contribution is -0.126. The van der Waals surface area contributed by atoms with Crippen molar-refractivity contribution < 1.29 is 14.3 Å². The summed E-state index contributed by atoms with van der Waals surface area (Å²) in [5, 5.41) is 3.05. The van der Waals surface area contributed by atoms with E-state index in [0.29, 0.717) is 12.0 Å². The Morgan fingerprint density at radius 3 is 3.10 bits per heavy atom. The van der Waals surface area contributed by atoms with E-state index in [4.69, 9.17) is 9.47 Å². The highest BCUT2D eigenvalue weighted by Gasteiger charge is 2.45. The van der Waals surface area contributed by atoms with Crippen LogP contribution in [0.5, 0.6) is 5.75 Å². The van der Waals surface area contributed by atoms with Crippen molar-refractivity contribution in [3.8, 4) is 5.75 Å². The molecule has 4 nitrogen and oxygen atoms in total. The molecule has 1 N–H and O–H groups in total. The van der Waals surface area contributed by atoms with Crippen molar-refractivity contribution in [2.75, 3.05) is 13.2 Å². The maximum absolute atomic E-state index is 11.9. The van der Waals surface area contributed by atoms with Crippen LogP contribution in [0, 0.1) is 19.8 Å². The van der Waals surface area contributed by atoms with Gasteiger partial charge in [-0.15, -0.1) is 0 Å². The number of nitrogens with one attached hydrogen (secondary N) is 1. The SMILES string of the molecule is Cc1cccc(OCC(=O)N[C@@H]2C[C@@H]3OCC[C@@H]32)c1C. The van der Waals surface area contributed by atoms with Gasteiger partial charge >= 0.3 is 0 Å². The molecule has 1 aliphatic carbocycles. The highest BCUT2D eigenvalue weighted by molar-refractivity contribution is 5.78. The molecule has 3 atom stereocenters. The fourth-order valence-electron chi connectivity index (χ4n) is 3.04. The highest BCUT2D eigenvalue weighted by Crippen LogP contribution is 2.38. The van der Waals surface area contributed by atoms with Crippen LogP contribution < -0.4 is 10.1 Å². The Labute approximate surface area is 119 Å². The van der Waals surface area contributed by atoms with Gasteiger partial charge in [0.05, 0.1) is 6.10 Å². The van der Waals surface area contributed by atoms with Gasteiger partial charge in [0, 0.05) is 18.6 Å². The number of hydrogen-bond acceptors (Lipinski definition) is 3. The molecule has 1 amide bonds. The van der Waals surface area contributed by atoms with E-state index >= 15 is 0 Å². The third-order valence-corrected chi connectivity index (χ3v) is 4.52. The molecule has 0 unspecified atom stereocenters. The Morgan fingerprint density at radius 1 is 1.45 bits per heavy atom. The largest absolute Gasteiger partial charge is 0.483 e. The molecular weight excluding hydrogens is 254 g/mol. The van der Waals surface area contributed by atoms with Gasteiger partial charge in [0.1, 0.15) is 5.75 Å². The molecule has 0 aromatic heterocycles.